The molecule has 0 aliphatic heterocycles. The minimum Gasteiger partial charge on any atom is -0.324 e. The standard InChI is InChI=1S/C20H18N4O2/c1-13-5-3-7-17(9-13)24-20-21-11-16(12-22-20)19(26)23-18-8-4-6-15(10-18)14(2)25/h3-12H,1-2H3,(H,23,26)(H,21,22,24). The fourth-order valence-electron chi connectivity index (χ4n) is 2.38. The van der Waals surface area contributed by atoms with E-state index < -0.39 is 0 Å². The summed E-state index contributed by atoms with van der Waals surface area (Å²) in [5.41, 5.74) is 3.41. The highest BCUT2D eigenvalue weighted by Gasteiger charge is 2.09. The molecule has 2 N–H and O–H groups in total. The topological polar surface area (TPSA) is 84.0 Å². The van der Waals surface area contributed by atoms with Gasteiger partial charge in [0.2, 0.25) is 5.95 Å². The van der Waals surface area contributed by atoms with Gasteiger partial charge >= 0.3 is 0 Å². The van der Waals surface area contributed by atoms with Gasteiger partial charge in [0.15, 0.2) is 5.78 Å². The van der Waals surface area contributed by atoms with Gasteiger partial charge in [-0.25, -0.2) is 9.97 Å². The molecule has 0 aliphatic carbocycles. The summed E-state index contributed by atoms with van der Waals surface area (Å²) < 4.78 is 0. The smallest absolute Gasteiger partial charge is 0.258 e. The molecule has 3 aromatic rings. The Morgan fingerprint density at radius 2 is 1.58 bits per heavy atom. The average molecular weight is 346 g/mol. The molecule has 26 heavy (non-hydrogen) atoms. The minimum atomic E-state index is -0.340. The highest BCUT2D eigenvalue weighted by Crippen LogP contribution is 2.15. The molecule has 1 amide bonds. The van der Waals surface area contributed by atoms with Crippen LogP contribution in [0.1, 0.15) is 33.2 Å². The van der Waals surface area contributed by atoms with E-state index in [0.29, 0.717) is 22.8 Å². The predicted octanol–water partition coefficient (Wildman–Crippen LogP) is 3.98. The van der Waals surface area contributed by atoms with Gasteiger partial charge in [0.25, 0.3) is 5.91 Å². The van der Waals surface area contributed by atoms with Crippen molar-refractivity contribution in [3.05, 3.63) is 77.6 Å². The molecule has 0 spiro atoms. The largest absolute Gasteiger partial charge is 0.324 e. The van der Waals surface area contributed by atoms with E-state index in [1.807, 2.05) is 31.2 Å². The number of ketones is 1. The van der Waals surface area contributed by atoms with E-state index in [4.69, 9.17) is 0 Å². The van der Waals surface area contributed by atoms with Crippen LogP contribution in [-0.4, -0.2) is 21.7 Å². The lowest BCUT2D eigenvalue weighted by Crippen LogP contribution is -2.13. The molecule has 3 rings (SSSR count). The molecule has 0 aliphatic rings. The van der Waals surface area contributed by atoms with Gasteiger partial charge in [0.1, 0.15) is 0 Å². The lowest BCUT2D eigenvalue weighted by Gasteiger charge is -2.08. The van der Waals surface area contributed by atoms with Crippen molar-refractivity contribution in [1.82, 2.24) is 9.97 Å². The van der Waals surface area contributed by atoms with Crippen molar-refractivity contribution < 1.29 is 9.59 Å². The van der Waals surface area contributed by atoms with E-state index >= 15 is 0 Å². The van der Waals surface area contributed by atoms with Gasteiger partial charge in [-0.15, -0.1) is 0 Å². The molecular formula is C20H18N4O2. The van der Waals surface area contributed by atoms with Crippen LogP contribution in [0.5, 0.6) is 0 Å². The SMILES string of the molecule is CC(=O)c1cccc(NC(=O)c2cnc(Nc3cccc(C)c3)nc2)c1. The van der Waals surface area contributed by atoms with E-state index in [-0.39, 0.29) is 11.7 Å². The number of aryl methyl sites for hydroxylation is 1. The highest BCUT2D eigenvalue weighted by molar-refractivity contribution is 6.04. The average Bonchev–Trinajstić information content (AvgIpc) is 2.62. The van der Waals surface area contributed by atoms with Crippen LogP contribution >= 0.6 is 0 Å². The molecule has 130 valence electrons. The fourth-order valence-corrected chi connectivity index (χ4v) is 2.38. The number of carbonyl (C=O) groups is 2. The lowest BCUT2D eigenvalue weighted by atomic mass is 10.1. The van der Waals surface area contributed by atoms with Crippen molar-refractivity contribution in [2.75, 3.05) is 10.6 Å². The van der Waals surface area contributed by atoms with Crippen molar-refractivity contribution in [1.29, 1.82) is 0 Å². The van der Waals surface area contributed by atoms with E-state index in [1.165, 1.54) is 19.3 Å². The second-order valence-electron chi connectivity index (χ2n) is 5.88. The fraction of sp³-hybridized carbons (Fsp3) is 0.100. The molecule has 6 heteroatoms. The Hall–Kier alpha value is -3.54. The van der Waals surface area contributed by atoms with Crippen molar-refractivity contribution in [3.63, 3.8) is 0 Å². The van der Waals surface area contributed by atoms with Crippen molar-refractivity contribution in [2.45, 2.75) is 13.8 Å². The van der Waals surface area contributed by atoms with Crippen LogP contribution < -0.4 is 10.6 Å². The van der Waals surface area contributed by atoms with Crippen LogP contribution in [0.2, 0.25) is 0 Å². The monoisotopic (exact) mass is 346 g/mol. The molecule has 0 atom stereocenters. The van der Waals surface area contributed by atoms with Crippen LogP contribution in [0.3, 0.4) is 0 Å². The maximum Gasteiger partial charge on any atom is 0.258 e. The van der Waals surface area contributed by atoms with Crippen molar-refractivity contribution in [2.24, 2.45) is 0 Å². The number of rotatable bonds is 5. The van der Waals surface area contributed by atoms with Crippen LogP contribution in [0.4, 0.5) is 17.3 Å². The Kier molecular flexibility index (Phi) is 5.03. The zero-order chi connectivity index (χ0) is 18.5. The number of hydrogen-bond acceptors (Lipinski definition) is 5. The quantitative estimate of drug-likeness (QED) is 0.683. The van der Waals surface area contributed by atoms with Crippen molar-refractivity contribution in [3.8, 4) is 0 Å². The number of amides is 1. The molecule has 6 nitrogen and oxygen atoms in total. The van der Waals surface area contributed by atoms with E-state index in [1.54, 1.807) is 24.3 Å². The molecule has 0 saturated carbocycles. The molecule has 0 radical (unpaired) electrons. The Morgan fingerprint density at radius 3 is 2.27 bits per heavy atom. The summed E-state index contributed by atoms with van der Waals surface area (Å²) in [6.45, 7) is 3.48. The maximum absolute atomic E-state index is 12.3. The summed E-state index contributed by atoms with van der Waals surface area (Å²) in [6, 6.07) is 14.6. The first-order valence-electron chi connectivity index (χ1n) is 8.09. The number of nitrogens with one attached hydrogen (secondary N) is 2. The summed E-state index contributed by atoms with van der Waals surface area (Å²) in [7, 11) is 0. The number of Topliss-reactive ketones (excluding diaryl/α,β-unsaturated/α-hetero) is 1. The first-order chi connectivity index (χ1) is 12.5. The lowest BCUT2D eigenvalue weighted by molar-refractivity contribution is 0.101. The van der Waals surface area contributed by atoms with Gasteiger partial charge in [-0.2, -0.15) is 0 Å². The van der Waals surface area contributed by atoms with Crippen LogP contribution in [-0.2, 0) is 0 Å². The summed E-state index contributed by atoms with van der Waals surface area (Å²) in [6.07, 6.45) is 2.91. The van der Waals surface area contributed by atoms with Gasteiger partial charge < -0.3 is 10.6 Å². The van der Waals surface area contributed by atoms with E-state index in [2.05, 4.69) is 20.6 Å². The van der Waals surface area contributed by atoms with E-state index in [9.17, 15) is 9.59 Å². The second-order valence-corrected chi connectivity index (χ2v) is 5.88. The van der Waals surface area contributed by atoms with Gasteiger partial charge in [-0.3, -0.25) is 9.59 Å². The number of carbonyl (C=O) groups excluding carboxylic acids is 2. The van der Waals surface area contributed by atoms with Crippen LogP contribution in [0.25, 0.3) is 0 Å². The Balaban J connectivity index is 1.69. The number of benzene rings is 2. The Morgan fingerprint density at radius 1 is 0.885 bits per heavy atom. The molecule has 0 fully saturated rings. The van der Waals surface area contributed by atoms with Gasteiger partial charge in [0.05, 0.1) is 5.56 Å². The third-order valence-corrected chi connectivity index (χ3v) is 3.72. The zero-order valence-corrected chi connectivity index (χ0v) is 14.5. The highest BCUT2D eigenvalue weighted by atomic mass is 16.1. The van der Waals surface area contributed by atoms with E-state index in [0.717, 1.165) is 11.3 Å². The summed E-state index contributed by atoms with van der Waals surface area (Å²) in [5, 5.41) is 5.83. The van der Waals surface area contributed by atoms with Crippen LogP contribution in [0, 0.1) is 6.92 Å². The Bertz CT molecular complexity index is 952. The third-order valence-electron chi connectivity index (χ3n) is 3.72. The number of anilines is 3. The summed E-state index contributed by atoms with van der Waals surface area (Å²) in [5.74, 6) is 0.00884. The first kappa shape index (κ1) is 17.3. The molecular weight excluding hydrogens is 328 g/mol. The Labute approximate surface area is 151 Å². The molecule has 2 aromatic carbocycles. The van der Waals surface area contributed by atoms with Crippen LogP contribution in [0.15, 0.2) is 60.9 Å². The number of hydrogen-bond donors (Lipinski definition) is 2. The first-order valence-corrected chi connectivity index (χ1v) is 8.09. The van der Waals surface area contributed by atoms with Gasteiger partial charge in [-0.05, 0) is 43.7 Å². The summed E-state index contributed by atoms with van der Waals surface area (Å²) in [4.78, 5) is 32.1. The van der Waals surface area contributed by atoms with Gasteiger partial charge in [0, 0.05) is 29.3 Å². The minimum absolute atomic E-state index is 0.0593. The molecule has 1 heterocycles. The molecule has 0 unspecified atom stereocenters. The number of nitrogens with zero attached hydrogens (tertiary/aromatic N) is 2. The molecule has 0 saturated heterocycles. The second kappa shape index (κ2) is 7.57. The predicted molar refractivity (Wildman–Crippen MR) is 101 cm³/mol. The third kappa shape index (κ3) is 4.30. The molecule has 0 bridgehead atoms. The number of aromatic nitrogens is 2. The summed E-state index contributed by atoms with van der Waals surface area (Å²) >= 11 is 0. The molecule has 1 aromatic heterocycles. The maximum atomic E-state index is 12.3. The van der Waals surface area contributed by atoms with Gasteiger partial charge in [-0.1, -0.05) is 24.3 Å². The van der Waals surface area contributed by atoms with Crippen molar-refractivity contribution >= 4 is 29.0 Å². The zero-order valence-electron chi connectivity index (χ0n) is 14.5. The normalized spacial score (nSPS) is 10.2.